The number of furan rings is 1. The molecule has 0 saturated heterocycles. The fourth-order valence-electron chi connectivity index (χ4n) is 9.82. The van der Waals surface area contributed by atoms with Gasteiger partial charge in [0.05, 0.1) is 27.8 Å². The maximum Gasteiger partial charge on any atom is 0.238 e. The Morgan fingerprint density at radius 2 is 0.903 bits per heavy atom. The van der Waals surface area contributed by atoms with E-state index in [1.807, 2.05) is 0 Å². The molecular weight excluding hydrogens is 753 g/mol. The van der Waals surface area contributed by atoms with Crippen molar-refractivity contribution >= 4 is 132 Å². The van der Waals surface area contributed by atoms with Crippen LogP contribution in [0.5, 0.6) is 0 Å². The molecule has 0 radical (unpaired) electrons. The average Bonchev–Trinajstić information content (AvgIpc) is 3.98. The molecule has 0 N–H and O–H groups in total. The summed E-state index contributed by atoms with van der Waals surface area (Å²) in [5.74, 6) is 1.81. The molecule has 0 aliphatic rings. The maximum absolute atomic E-state index is 7.00. The van der Waals surface area contributed by atoms with Crippen molar-refractivity contribution in [2.45, 2.75) is 0 Å². The molecule has 0 amide bonds. The summed E-state index contributed by atoms with van der Waals surface area (Å²) in [6, 6.07) is 55.8. The number of hydrogen-bond acceptors (Lipinski definition) is 4. The fourth-order valence-corrected chi connectivity index (χ4v) is 9.82. The highest BCUT2D eigenvalue weighted by Crippen LogP contribution is 2.40. The SMILES string of the molecule is Bc1c(B)c(B)c(-c2nc(-c3ccc4c(c3)oc3c(-n5c6ccccc6c6ccc(-c7ccccc7)cc65)cccc34)nc(-n3c4ccccc4c4ccccc43)n2)c(B)c1B. The predicted octanol–water partition coefficient (Wildman–Crippen LogP) is 4.26. The van der Waals surface area contributed by atoms with Crippen molar-refractivity contribution in [3.8, 4) is 45.5 Å². The first-order chi connectivity index (χ1) is 30.3. The van der Waals surface area contributed by atoms with Crippen molar-refractivity contribution < 1.29 is 4.42 Å². The summed E-state index contributed by atoms with van der Waals surface area (Å²) in [5.41, 5.74) is 17.3. The topological polar surface area (TPSA) is 61.7 Å². The Morgan fingerprint density at radius 1 is 0.371 bits per heavy atom. The van der Waals surface area contributed by atoms with Crippen molar-refractivity contribution in [3.63, 3.8) is 0 Å². The van der Waals surface area contributed by atoms with Crippen molar-refractivity contribution in [2.75, 3.05) is 0 Å². The third-order valence-electron chi connectivity index (χ3n) is 13.4. The Labute approximate surface area is 362 Å². The zero-order valence-corrected chi connectivity index (χ0v) is 35.2. The summed E-state index contributed by atoms with van der Waals surface area (Å²) in [7, 11) is 11.0. The molecule has 8 aromatic carbocycles. The molecule has 62 heavy (non-hydrogen) atoms. The lowest BCUT2D eigenvalue weighted by molar-refractivity contribution is 0.666. The average molecular weight is 789 g/mol. The van der Waals surface area contributed by atoms with Crippen molar-refractivity contribution in [1.82, 2.24) is 24.1 Å². The van der Waals surface area contributed by atoms with Gasteiger partial charge in [-0.15, -0.1) is 16.4 Å². The Hall–Kier alpha value is -7.51. The quantitative estimate of drug-likeness (QED) is 0.245. The first kappa shape index (κ1) is 36.4. The molecule has 0 spiro atoms. The number of para-hydroxylation sites is 4. The summed E-state index contributed by atoms with van der Waals surface area (Å²) in [4.78, 5) is 16.0. The summed E-state index contributed by atoms with van der Waals surface area (Å²) >= 11 is 0. The van der Waals surface area contributed by atoms with Crippen LogP contribution in [-0.4, -0.2) is 63.3 Å². The van der Waals surface area contributed by atoms with E-state index in [1.54, 1.807) is 0 Å². The summed E-state index contributed by atoms with van der Waals surface area (Å²) in [6.45, 7) is 0. The number of aromatic nitrogens is 5. The largest absolute Gasteiger partial charge is 0.454 e. The van der Waals surface area contributed by atoms with Crippen LogP contribution in [0.25, 0.3) is 111 Å². The molecule has 11 heteroatoms. The maximum atomic E-state index is 7.00. The van der Waals surface area contributed by atoms with E-state index in [0.29, 0.717) is 17.6 Å². The standard InChI is InChI=1S/C51H36B5N5O/c52-43-42(44(53)46(55)47(56)45(43)54)50-57-49(58-51(59-50)61-37-18-8-5-13-30(37)31-14-6-9-19-38(31)61)29-22-24-34-35-16-10-20-39(48(35)62-41(34)26-29)60-36-17-7-4-15-32(36)33-23-21-28(25-40(33)60)27-11-2-1-3-12-27/h1-26H,52-56H2. The van der Waals surface area contributed by atoms with Crippen LogP contribution in [0.2, 0.25) is 0 Å². The van der Waals surface area contributed by atoms with Gasteiger partial charge in [-0.2, -0.15) is 9.97 Å². The fraction of sp³-hybridized carbons (Fsp3) is 0. The van der Waals surface area contributed by atoms with Gasteiger partial charge in [0.25, 0.3) is 0 Å². The van der Waals surface area contributed by atoms with Gasteiger partial charge in [0.2, 0.25) is 5.95 Å². The smallest absolute Gasteiger partial charge is 0.238 e. The molecular formula is C51H36B5N5O. The molecule has 0 unspecified atom stereocenters. The zero-order chi connectivity index (χ0) is 41.8. The summed E-state index contributed by atoms with van der Waals surface area (Å²) in [5, 5.41) is 6.79. The second-order valence-corrected chi connectivity index (χ2v) is 16.6. The van der Waals surface area contributed by atoms with Gasteiger partial charge in [-0.1, -0.05) is 126 Å². The van der Waals surface area contributed by atoms with Gasteiger partial charge in [0, 0.05) is 43.4 Å². The third kappa shape index (κ3) is 5.34. The Balaban J connectivity index is 1.09. The van der Waals surface area contributed by atoms with E-state index in [9.17, 15) is 0 Å². The first-order valence-corrected chi connectivity index (χ1v) is 21.2. The van der Waals surface area contributed by atoms with Gasteiger partial charge >= 0.3 is 0 Å². The molecule has 0 aliphatic carbocycles. The van der Waals surface area contributed by atoms with Gasteiger partial charge in [0.1, 0.15) is 44.8 Å². The number of rotatable bonds is 5. The zero-order valence-electron chi connectivity index (χ0n) is 35.2. The van der Waals surface area contributed by atoms with Gasteiger partial charge in [-0.05, 0) is 53.6 Å². The van der Waals surface area contributed by atoms with Crippen molar-refractivity contribution in [1.29, 1.82) is 0 Å². The van der Waals surface area contributed by atoms with Crippen LogP contribution in [0.15, 0.2) is 162 Å². The number of nitrogens with zero attached hydrogens (tertiary/aromatic N) is 5. The van der Waals surface area contributed by atoms with E-state index in [0.717, 1.165) is 71.6 Å². The lowest BCUT2D eigenvalue weighted by Crippen LogP contribution is -2.55. The monoisotopic (exact) mass is 789 g/mol. The lowest BCUT2D eigenvalue weighted by Gasteiger charge is -2.20. The minimum Gasteiger partial charge on any atom is -0.454 e. The minimum absolute atomic E-state index is 0.574. The van der Waals surface area contributed by atoms with Crippen LogP contribution in [0.3, 0.4) is 0 Å². The molecule has 0 saturated carbocycles. The van der Waals surface area contributed by atoms with Crippen LogP contribution >= 0.6 is 0 Å². The van der Waals surface area contributed by atoms with Crippen LogP contribution < -0.4 is 27.3 Å². The number of fused-ring (bicyclic) bond motifs is 9. The second-order valence-electron chi connectivity index (χ2n) is 16.6. The van der Waals surface area contributed by atoms with Crippen molar-refractivity contribution in [3.05, 3.63) is 158 Å². The third-order valence-corrected chi connectivity index (χ3v) is 13.4. The van der Waals surface area contributed by atoms with E-state index in [4.69, 9.17) is 19.4 Å². The highest BCUT2D eigenvalue weighted by Gasteiger charge is 2.23. The van der Waals surface area contributed by atoms with Crippen LogP contribution in [0.4, 0.5) is 0 Å². The molecule has 286 valence electrons. The Bertz CT molecular complexity index is 3750. The summed E-state index contributed by atoms with van der Waals surface area (Å²) in [6.07, 6.45) is 0. The van der Waals surface area contributed by atoms with E-state index in [-0.39, 0.29) is 0 Å². The normalized spacial score (nSPS) is 11.9. The van der Waals surface area contributed by atoms with E-state index < -0.39 is 0 Å². The highest BCUT2D eigenvalue weighted by atomic mass is 16.3. The molecule has 0 atom stereocenters. The Kier molecular flexibility index (Phi) is 8.07. The molecule has 6 nitrogen and oxygen atoms in total. The van der Waals surface area contributed by atoms with Gasteiger partial charge in [-0.3, -0.25) is 4.57 Å². The van der Waals surface area contributed by atoms with Gasteiger partial charge < -0.3 is 8.98 Å². The van der Waals surface area contributed by atoms with Gasteiger partial charge in [0.15, 0.2) is 17.2 Å². The van der Waals surface area contributed by atoms with E-state index >= 15 is 0 Å². The molecule has 0 aliphatic heterocycles. The Morgan fingerprint density at radius 3 is 1.58 bits per heavy atom. The van der Waals surface area contributed by atoms with Crippen molar-refractivity contribution in [2.24, 2.45) is 0 Å². The molecule has 0 bridgehead atoms. The van der Waals surface area contributed by atoms with Crippen LogP contribution in [0.1, 0.15) is 0 Å². The van der Waals surface area contributed by atoms with E-state index in [2.05, 4.69) is 206 Å². The van der Waals surface area contributed by atoms with Crippen LogP contribution in [0, 0.1) is 0 Å². The van der Waals surface area contributed by atoms with Gasteiger partial charge in [-0.25, -0.2) is 4.98 Å². The molecule has 12 aromatic rings. The highest BCUT2D eigenvalue weighted by molar-refractivity contribution is 6.68. The van der Waals surface area contributed by atoms with Crippen LogP contribution in [-0.2, 0) is 0 Å². The lowest BCUT2D eigenvalue weighted by atomic mass is 9.60. The second kappa shape index (κ2) is 13.8. The molecule has 4 heterocycles. The first-order valence-electron chi connectivity index (χ1n) is 21.2. The molecule has 0 fully saturated rings. The summed E-state index contributed by atoms with van der Waals surface area (Å²) < 4.78 is 11.5. The van der Waals surface area contributed by atoms with E-state index in [1.165, 1.54) is 49.2 Å². The number of hydrogen-bond donors (Lipinski definition) is 0. The molecule has 4 aromatic heterocycles. The predicted molar refractivity (Wildman–Crippen MR) is 273 cm³/mol. The number of benzene rings is 8. The minimum atomic E-state index is 0.574. The molecule has 12 rings (SSSR count).